The zero-order valence-corrected chi connectivity index (χ0v) is 19.0. The third-order valence-corrected chi connectivity index (χ3v) is 7.35. The van der Waals surface area contributed by atoms with Crippen molar-refractivity contribution in [1.82, 2.24) is 0 Å². The molecular formula is C33H26O. The first-order valence-electron chi connectivity index (χ1n) is 11.8. The molecule has 4 aromatic carbocycles. The Hall–Kier alpha value is -4.10. The van der Waals surface area contributed by atoms with E-state index < -0.39 is 0 Å². The van der Waals surface area contributed by atoms with Gasteiger partial charge in [-0.15, -0.1) is 0 Å². The quantitative estimate of drug-likeness (QED) is 0.277. The Labute approximate surface area is 201 Å². The first-order valence-corrected chi connectivity index (χ1v) is 11.8. The van der Waals surface area contributed by atoms with Crippen molar-refractivity contribution in [3.05, 3.63) is 163 Å². The molecule has 2 aliphatic rings. The number of rotatable bonds is 6. The maximum Gasteiger partial charge on any atom is 0.126 e. The van der Waals surface area contributed by atoms with Gasteiger partial charge in [-0.3, -0.25) is 0 Å². The lowest BCUT2D eigenvalue weighted by atomic mass is 9.56. The first-order chi connectivity index (χ1) is 16.8. The van der Waals surface area contributed by atoms with Crippen LogP contribution in [-0.2, 0) is 5.41 Å². The summed E-state index contributed by atoms with van der Waals surface area (Å²) in [4.78, 5) is 0. The second kappa shape index (κ2) is 8.35. The van der Waals surface area contributed by atoms with E-state index in [0.29, 0.717) is 0 Å². The summed E-state index contributed by atoms with van der Waals surface area (Å²) in [6.45, 7) is 3.78. The molecule has 1 atom stereocenters. The predicted octanol–water partition coefficient (Wildman–Crippen LogP) is 8.05. The summed E-state index contributed by atoms with van der Waals surface area (Å²) in [6.07, 6.45) is 10.5. The SMILES string of the molecule is C=COc1cccc(C(c2ccccc2)(C2C=CC=C2)C2c3ccccc3-c3ccccc32)c1. The highest BCUT2D eigenvalue weighted by molar-refractivity contribution is 5.81. The van der Waals surface area contributed by atoms with Crippen LogP contribution in [0.25, 0.3) is 11.1 Å². The normalized spacial score (nSPS) is 16.1. The average molecular weight is 439 g/mol. The molecule has 0 fully saturated rings. The van der Waals surface area contributed by atoms with E-state index in [-0.39, 0.29) is 17.3 Å². The standard InChI is InChI=1S/C33H26O/c1-2-34-27-18-12-17-26(23-27)33(25-15-6-7-16-25,24-13-4-3-5-14-24)32-30-21-10-8-19-28(30)29-20-9-11-22-31(29)32/h2-23,25,32H,1H2. The van der Waals surface area contributed by atoms with Crippen LogP contribution in [0.2, 0.25) is 0 Å². The summed E-state index contributed by atoms with van der Waals surface area (Å²) in [6, 6.07) is 37.3. The van der Waals surface area contributed by atoms with Gasteiger partial charge < -0.3 is 4.74 Å². The molecule has 4 aromatic rings. The van der Waals surface area contributed by atoms with Crippen molar-refractivity contribution >= 4 is 0 Å². The summed E-state index contributed by atoms with van der Waals surface area (Å²) in [5, 5.41) is 0. The van der Waals surface area contributed by atoms with E-state index in [1.165, 1.54) is 39.6 Å². The number of hydrogen-bond acceptors (Lipinski definition) is 1. The second-order valence-corrected chi connectivity index (χ2v) is 8.95. The largest absolute Gasteiger partial charge is 0.466 e. The smallest absolute Gasteiger partial charge is 0.126 e. The van der Waals surface area contributed by atoms with Gasteiger partial charge in [0, 0.05) is 17.3 Å². The Morgan fingerprint density at radius 3 is 1.88 bits per heavy atom. The van der Waals surface area contributed by atoms with Crippen molar-refractivity contribution in [3.8, 4) is 16.9 Å². The molecule has 0 saturated carbocycles. The van der Waals surface area contributed by atoms with Crippen molar-refractivity contribution in [2.24, 2.45) is 5.92 Å². The molecule has 0 amide bonds. The second-order valence-electron chi connectivity index (χ2n) is 8.95. The molecule has 0 heterocycles. The highest BCUT2D eigenvalue weighted by atomic mass is 16.5. The lowest BCUT2D eigenvalue weighted by Gasteiger charge is -2.45. The fourth-order valence-electron chi connectivity index (χ4n) is 6.10. The lowest BCUT2D eigenvalue weighted by Crippen LogP contribution is -2.40. The minimum atomic E-state index is -0.367. The topological polar surface area (TPSA) is 9.23 Å². The van der Waals surface area contributed by atoms with Crippen molar-refractivity contribution in [1.29, 1.82) is 0 Å². The number of fused-ring (bicyclic) bond motifs is 3. The highest BCUT2D eigenvalue weighted by Crippen LogP contribution is 2.60. The molecule has 2 aliphatic carbocycles. The van der Waals surface area contributed by atoms with Crippen molar-refractivity contribution in [2.45, 2.75) is 11.3 Å². The number of allylic oxidation sites excluding steroid dienone is 4. The number of hydrogen-bond donors (Lipinski definition) is 0. The van der Waals surface area contributed by atoms with Gasteiger partial charge in [-0.1, -0.05) is 122 Å². The molecular weight excluding hydrogens is 412 g/mol. The van der Waals surface area contributed by atoms with Gasteiger partial charge in [0.15, 0.2) is 0 Å². The van der Waals surface area contributed by atoms with E-state index >= 15 is 0 Å². The maximum absolute atomic E-state index is 5.77. The van der Waals surface area contributed by atoms with E-state index in [2.05, 4.69) is 128 Å². The molecule has 1 nitrogen and oxygen atoms in total. The van der Waals surface area contributed by atoms with E-state index in [1.54, 1.807) is 0 Å². The molecule has 0 aromatic heterocycles. The zero-order valence-electron chi connectivity index (χ0n) is 19.0. The average Bonchev–Trinajstić information content (AvgIpc) is 3.54. The molecule has 0 spiro atoms. The summed E-state index contributed by atoms with van der Waals surface area (Å²) in [7, 11) is 0. The lowest BCUT2D eigenvalue weighted by molar-refractivity contribution is 0.392. The molecule has 34 heavy (non-hydrogen) atoms. The molecule has 0 bridgehead atoms. The Morgan fingerprint density at radius 2 is 1.24 bits per heavy atom. The third-order valence-electron chi connectivity index (χ3n) is 7.35. The fraction of sp³-hybridized carbons (Fsp3) is 0.0909. The Balaban J connectivity index is 1.74. The molecule has 164 valence electrons. The van der Waals surface area contributed by atoms with Crippen LogP contribution < -0.4 is 4.74 Å². The van der Waals surface area contributed by atoms with Gasteiger partial charge in [0.05, 0.1) is 6.26 Å². The highest BCUT2D eigenvalue weighted by Gasteiger charge is 2.51. The van der Waals surface area contributed by atoms with E-state index in [1.807, 2.05) is 6.07 Å². The van der Waals surface area contributed by atoms with E-state index in [4.69, 9.17) is 4.74 Å². The van der Waals surface area contributed by atoms with Crippen molar-refractivity contribution < 1.29 is 4.74 Å². The van der Waals surface area contributed by atoms with Gasteiger partial charge in [0.25, 0.3) is 0 Å². The van der Waals surface area contributed by atoms with Crippen LogP contribution in [0, 0.1) is 5.92 Å². The van der Waals surface area contributed by atoms with Gasteiger partial charge in [0.2, 0.25) is 0 Å². The first kappa shape index (κ1) is 20.5. The van der Waals surface area contributed by atoms with Crippen LogP contribution in [0.4, 0.5) is 0 Å². The number of ether oxygens (including phenoxy) is 1. The molecule has 0 radical (unpaired) electrons. The molecule has 0 aliphatic heterocycles. The fourth-order valence-corrected chi connectivity index (χ4v) is 6.10. The summed E-state index contributed by atoms with van der Waals surface area (Å²) >= 11 is 0. The molecule has 1 heteroatoms. The van der Waals surface area contributed by atoms with E-state index in [9.17, 15) is 0 Å². The van der Waals surface area contributed by atoms with Crippen LogP contribution >= 0.6 is 0 Å². The van der Waals surface area contributed by atoms with Gasteiger partial charge in [-0.25, -0.2) is 0 Å². The predicted molar refractivity (Wildman–Crippen MR) is 140 cm³/mol. The van der Waals surface area contributed by atoms with Crippen LogP contribution in [-0.4, -0.2) is 0 Å². The minimum absolute atomic E-state index is 0.138. The molecule has 0 saturated heterocycles. The molecule has 6 rings (SSSR count). The van der Waals surface area contributed by atoms with Crippen LogP contribution in [0.5, 0.6) is 5.75 Å². The summed E-state index contributed by atoms with van der Waals surface area (Å²) < 4.78 is 5.77. The van der Waals surface area contributed by atoms with Gasteiger partial charge in [-0.2, -0.15) is 0 Å². The van der Waals surface area contributed by atoms with Crippen molar-refractivity contribution in [3.63, 3.8) is 0 Å². The Kier molecular flexibility index (Phi) is 5.04. The number of benzene rings is 4. The molecule has 1 unspecified atom stereocenters. The van der Waals surface area contributed by atoms with E-state index in [0.717, 1.165) is 5.75 Å². The third kappa shape index (κ3) is 3.01. The summed E-state index contributed by atoms with van der Waals surface area (Å²) in [5.74, 6) is 1.12. The zero-order chi connectivity index (χ0) is 23.0. The monoisotopic (exact) mass is 438 g/mol. The van der Waals surface area contributed by atoms with Gasteiger partial charge in [0.1, 0.15) is 5.75 Å². The maximum atomic E-state index is 5.77. The minimum Gasteiger partial charge on any atom is -0.466 e. The van der Waals surface area contributed by atoms with Crippen LogP contribution in [0.3, 0.4) is 0 Å². The summed E-state index contributed by atoms with van der Waals surface area (Å²) in [5.41, 5.74) is 7.56. The van der Waals surface area contributed by atoms with Crippen LogP contribution in [0.1, 0.15) is 28.2 Å². The Morgan fingerprint density at radius 1 is 0.647 bits per heavy atom. The Bertz CT molecular complexity index is 1350. The van der Waals surface area contributed by atoms with Crippen molar-refractivity contribution in [2.75, 3.05) is 0 Å². The van der Waals surface area contributed by atoms with Crippen LogP contribution in [0.15, 0.2) is 140 Å². The van der Waals surface area contributed by atoms with Gasteiger partial charge >= 0.3 is 0 Å². The molecule has 0 N–H and O–H groups in total. The van der Waals surface area contributed by atoms with Gasteiger partial charge in [-0.05, 0) is 45.5 Å².